The number of carbonyl (C=O) groups is 1. The van der Waals surface area contributed by atoms with Gasteiger partial charge in [0, 0.05) is 44.2 Å². The second-order valence-corrected chi connectivity index (χ2v) is 6.70. The maximum absolute atomic E-state index is 12.5. The summed E-state index contributed by atoms with van der Waals surface area (Å²) in [5.74, 6) is 1.41. The fourth-order valence-electron chi connectivity index (χ4n) is 3.07. The quantitative estimate of drug-likeness (QED) is 0.744. The Bertz CT molecular complexity index is 1010. The summed E-state index contributed by atoms with van der Waals surface area (Å²) < 4.78 is 0. The topological polar surface area (TPSA) is 83.0 Å². The molecule has 0 atom stereocenters. The predicted molar refractivity (Wildman–Crippen MR) is 105 cm³/mol. The van der Waals surface area contributed by atoms with E-state index in [0.717, 1.165) is 28.2 Å². The van der Waals surface area contributed by atoms with Crippen molar-refractivity contribution in [3.63, 3.8) is 0 Å². The average molecular weight is 360 g/mol. The molecule has 0 saturated heterocycles. The lowest BCUT2D eigenvalue weighted by molar-refractivity contribution is 0.0966. The summed E-state index contributed by atoms with van der Waals surface area (Å²) in [5, 5.41) is 6.12. The van der Waals surface area contributed by atoms with Crippen molar-refractivity contribution in [1.82, 2.24) is 20.3 Å². The van der Waals surface area contributed by atoms with Gasteiger partial charge in [-0.05, 0) is 30.7 Å². The number of rotatable bonds is 4. The summed E-state index contributed by atoms with van der Waals surface area (Å²) in [6, 6.07) is 7.74. The van der Waals surface area contributed by atoms with Gasteiger partial charge < -0.3 is 15.5 Å². The van der Waals surface area contributed by atoms with Crippen molar-refractivity contribution < 1.29 is 4.79 Å². The van der Waals surface area contributed by atoms with E-state index < -0.39 is 0 Å². The number of nitrogens with zero attached hydrogens (tertiary/aromatic N) is 4. The number of anilines is 3. The third-order valence-corrected chi connectivity index (χ3v) is 4.48. The normalized spacial score (nSPS) is 12.5. The number of fused-ring (bicyclic) bond motifs is 1. The molecule has 0 aliphatic carbocycles. The smallest absolute Gasteiger partial charge is 0.254 e. The number of nitrogens with one attached hydrogen (secondary N) is 2. The van der Waals surface area contributed by atoms with E-state index in [1.807, 2.05) is 50.2 Å². The van der Waals surface area contributed by atoms with Crippen molar-refractivity contribution in [1.29, 1.82) is 0 Å². The molecule has 7 nitrogen and oxygen atoms in total. The Morgan fingerprint density at radius 3 is 2.70 bits per heavy atom. The van der Waals surface area contributed by atoms with Gasteiger partial charge in [-0.3, -0.25) is 9.78 Å². The summed E-state index contributed by atoms with van der Waals surface area (Å²) in [7, 11) is 3.88. The summed E-state index contributed by atoms with van der Waals surface area (Å²) in [6.07, 6.45) is 5.23. The number of aromatic nitrogens is 3. The molecule has 1 aliphatic heterocycles. The van der Waals surface area contributed by atoms with Crippen LogP contribution in [0.2, 0.25) is 0 Å². The Balaban J connectivity index is 1.77. The van der Waals surface area contributed by atoms with E-state index in [0.29, 0.717) is 23.6 Å². The van der Waals surface area contributed by atoms with Crippen LogP contribution in [0.3, 0.4) is 0 Å². The highest BCUT2D eigenvalue weighted by Gasteiger charge is 2.27. The Hall–Kier alpha value is -3.48. The SMILES string of the molecule is Cc1ccc(Nc2cnc(-c3ccnc(N(C)C)c3)c3c2C(=O)NC3)nc1. The van der Waals surface area contributed by atoms with Crippen LogP contribution in [0.25, 0.3) is 11.3 Å². The first-order valence-electron chi connectivity index (χ1n) is 8.66. The average Bonchev–Trinajstić information content (AvgIpc) is 3.06. The van der Waals surface area contributed by atoms with Gasteiger partial charge in [0.2, 0.25) is 0 Å². The molecule has 0 spiro atoms. The van der Waals surface area contributed by atoms with Crippen LogP contribution < -0.4 is 15.5 Å². The van der Waals surface area contributed by atoms with Gasteiger partial charge in [-0.1, -0.05) is 6.07 Å². The zero-order valence-corrected chi connectivity index (χ0v) is 15.4. The van der Waals surface area contributed by atoms with Gasteiger partial charge in [0.25, 0.3) is 5.91 Å². The molecule has 0 radical (unpaired) electrons. The molecule has 4 heterocycles. The minimum atomic E-state index is -0.106. The van der Waals surface area contributed by atoms with Crippen LogP contribution in [0.15, 0.2) is 42.9 Å². The molecule has 7 heteroatoms. The zero-order valence-electron chi connectivity index (χ0n) is 15.4. The molecule has 4 rings (SSSR count). The minimum absolute atomic E-state index is 0.106. The van der Waals surface area contributed by atoms with Crippen LogP contribution in [-0.2, 0) is 6.54 Å². The zero-order chi connectivity index (χ0) is 19.0. The molecule has 0 fully saturated rings. The van der Waals surface area contributed by atoms with E-state index in [1.165, 1.54) is 0 Å². The highest BCUT2D eigenvalue weighted by molar-refractivity contribution is 6.05. The Morgan fingerprint density at radius 1 is 1.11 bits per heavy atom. The summed E-state index contributed by atoms with van der Waals surface area (Å²) in [4.78, 5) is 27.7. The van der Waals surface area contributed by atoms with Crippen molar-refractivity contribution in [3.8, 4) is 11.3 Å². The van der Waals surface area contributed by atoms with E-state index in [4.69, 9.17) is 0 Å². The minimum Gasteiger partial charge on any atom is -0.363 e. The molecular weight excluding hydrogens is 340 g/mol. The van der Waals surface area contributed by atoms with Gasteiger partial charge in [-0.2, -0.15) is 0 Å². The fraction of sp³-hybridized carbons (Fsp3) is 0.200. The van der Waals surface area contributed by atoms with Crippen molar-refractivity contribution in [2.24, 2.45) is 0 Å². The molecule has 27 heavy (non-hydrogen) atoms. The van der Waals surface area contributed by atoms with Gasteiger partial charge in [0.15, 0.2) is 0 Å². The molecule has 0 bridgehead atoms. The number of hydrogen-bond acceptors (Lipinski definition) is 6. The van der Waals surface area contributed by atoms with Gasteiger partial charge in [0.1, 0.15) is 11.6 Å². The lowest BCUT2D eigenvalue weighted by Crippen LogP contribution is -2.13. The molecule has 0 aromatic carbocycles. The van der Waals surface area contributed by atoms with Crippen LogP contribution >= 0.6 is 0 Å². The fourth-order valence-corrected chi connectivity index (χ4v) is 3.07. The van der Waals surface area contributed by atoms with Gasteiger partial charge in [-0.25, -0.2) is 9.97 Å². The van der Waals surface area contributed by atoms with Gasteiger partial charge in [0.05, 0.1) is 23.1 Å². The predicted octanol–water partition coefficient (Wildman–Crippen LogP) is 2.90. The standard InChI is InChI=1S/C20H20N6O/c1-12-4-5-16(22-9-12)25-15-11-23-19(14-10-24-20(27)18(14)15)13-6-7-21-17(8-13)26(2)3/h4-9,11H,10H2,1-3H3,(H,22,25)(H,24,27). The largest absolute Gasteiger partial charge is 0.363 e. The molecule has 3 aromatic rings. The number of amides is 1. The third-order valence-electron chi connectivity index (χ3n) is 4.48. The highest BCUT2D eigenvalue weighted by atomic mass is 16.1. The molecule has 1 aliphatic rings. The second kappa shape index (κ2) is 6.68. The Morgan fingerprint density at radius 2 is 1.96 bits per heavy atom. The van der Waals surface area contributed by atoms with Crippen molar-refractivity contribution in [3.05, 3.63) is 59.5 Å². The maximum atomic E-state index is 12.5. The monoisotopic (exact) mass is 360 g/mol. The van der Waals surface area contributed by atoms with Crippen LogP contribution in [0, 0.1) is 6.92 Å². The molecule has 3 aromatic heterocycles. The first kappa shape index (κ1) is 17.0. The van der Waals surface area contributed by atoms with Crippen LogP contribution in [0.4, 0.5) is 17.3 Å². The van der Waals surface area contributed by atoms with E-state index in [-0.39, 0.29) is 5.91 Å². The summed E-state index contributed by atoms with van der Waals surface area (Å²) in [6.45, 7) is 2.43. The molecular formula is C20H20N6O. The number of pyridine rings is 3. The molecule has 1 amide bonds. The van der Waals surface area contributed by atoms with Crippen LogP contribution in [-0.4, -0.2) is 35.0 Å². The summed E-state index contributed by atoms with van der Waals surface area (Å²) >= 11 is 0. The lowest BCUT2D eigenvalue weighted by atomic mass is 10.0. The van der Waals surface area contributed by atoms with E-state index in [1.54, 1.807) is 18.6 Å². The first-order valence-corrected chi connectivity index (χ1v) is 8.66. The molecule has 2 N–H and O–H groups in total. The van der Waals surface area contributed by atoms with Crippen LogP contribution in [0.5, 0.6) is 0 Å². The van der Waals surface area contributed by atoms with Crippen molar-refractivity contribution in [2.75, 3.05) is 24.3 Å². The number of carbonyl (C=O) groups excluding carboxylic acids is 1. The van der Waals surface area contributed by atoms with Gasteiger partial charge >= 0.3 is 0 Å². The second-order valence-electron chi connectivity index (χ2n) is 6.70. The maximum Gasteiger partial charge on any atom is 0.254 e. The van der Waals surface area contributed by atoms with Crippen molar-refractivity contribution in [2.45, 2.75) is 13.5 Å². The Kier molecular flexibility index (Phi) is 4.19. The van der Waals surface area contributed by atoms with Crippen molar-refractivity contribution >= 4 is 23.2 Å². The molecule has 0 saturated carbocycles. The van der Waals surface area contributed by atoms with E-state index in [2.05, 4.69) is 25.6 Å². The van der Waals surface area contributed by atoms with Gasteiger partial charge in [-0.15, -0.1) is 0 Å². The number of aryl methyl sites for hydroxylation is 1. The Labute approximate surface area is 157 Å². The third kappa shape index (κ3) is 3.19. The molecule has 136 valence electrons. The number of hydrogen-bond donors (Lipinski definition) is 2. The highest BCUT2D eigenvalue weighted by Crippen LogP contribution is 2.33. The van der Waals surface area contributed by atoms with E-state index >= 15 is 0 Å². The first-order chi connectivity index (χ1) is 13.0. The summed E-state index contributed by atoms with van der Waals surface area (Å²) in [5.41, 5.74) is 4.95. The van der Waals surface area contributed by atoms with E-state index in [9.17, 15) is 4.79 Å². The van der Waals surface area contributed by atoms with Crippen LogP contribution in [0.1, 0.15) is 21.5 Å². The lowest BCUT2D eigenvalue weighted by Gasteiger charge is -2.14. The molecule has 0 unspecified atom stereocenters.